The predicted octanol–water partition coefficient (Wildman–Crippen LogP) is 16.1. The third-order valence-corrected chi connectivity index (χ3v) is 15.4. The van der Waals surface area contributed by atoms with Crippen LogP contribution in [0, 0.1) is 0 Å². The lowest BCUT2D eigenvalue weighted by Gasteiger charge is -2.41. The molecule has 1 rings (SSSR count). The van der Waals surface area contributed by atoms with Gasteiger partial charge in [-0.3, -0.25) is 9.35 Å². The van der Waals surface area contributed by atoms with Crippen LogP contribution < -0.4 is 0 Å². The minimum absolute atomic E-state index is 0.0417. The number of carbonyl (C=O) groups excluding carboxylic acids is 1. The maximum Gasteiger partial charge on any atom is 0.397 e. The van der Waals surface area contributed by atoms with E-state index in [4.69, 9.17) is 18.9 Å². The molecule has 1 aliphatic heterocycles. The number of hydrogen-bond acceptors (Lipinski definition) is 11. The van der Waals surface area contributed by atoms with Crippen LogP contribution in [-0.4, -0.2) is 97.5 Å². The van der Waals surface area contributed by atoms with Gasteiger partial charge in [-0.1, -0.05) is 276 Å². The fourth-order valence-corrected chi connectivity index (χ4v) is 10.7. The maximum absolute atomic E-state index is 13.0. The summed E-state index contributed by atoms with van der Waals surface area (Å²) in [6.07, 6.45) is 54.0. The van der Waals surface area contributed by atoms with E-state index >= 15 is 0 Å². The summed E-state index contributed by atoms with van der Waals surface area (Å²) in [5, 5.41) is 30.9. The van der Waals surface area contributed by atoms with Gasteiger partial charge in [-0.25, -0.2) is 4.18 Å². The van der Waals surface area contributed by atoms with Crippen molar-refractivity contribution in [3.63, 3.8) is 0 Å². The van der Waals surface area contributed by atoms with Crippen LogP contribution in [0.15, 0.2) is 12.2 Å². The summed E-state index contributed by atoms with van der Waals surface area (Å²) < 4.78 is 59.5. The second-order valence-electron chi connectivity index (χ2n) is 22.0. The van der Waals surface area contributed by atoms with E-state index in [0.717, 1.165) is 38.5 Å². The number of carbonyl (C=O) groups is 1. The van der Waals surface area contributed by atoms with Crippen LogP contribution in [0.1, 0.15) is 309 Å². The van der Waals surface area contributed by atoms with Crippen LogP contribution in [-0.2, 0) is 38.3 Å². The summed E-state index contributed by atoms with van der Waals surface area (Å²) in [5.74, 6) is -0.390. The highest BCUT2D eigenvalue weighted by atomic mass is 32.3. The number of hydrogen-bond donors (Lipinski definition) is 4. The number of rotatable bonds is 57. The van der Waals surface area contributed by atoms with Gasteiger partial charge in [-0.2, -0.15) is 8.42 Å². The molecule has 1 saturated heterocycles. The van der Waals surface area contributed by atoms with Crippen LogP contribution in [0.5, 0.6) is 0 Å². The van der Waals surface area contributed by atoms with Crippen molar-refractivity contribution in [1.29, 1.82) is 0 Å². The Balaban J connectivity index is 2.24. The van der Waals surface area contributed by atoms with E-state index < -0.39 is 53.8 Å². The van der Waals surface area contributed by atoms with Crippen LogP contribution in [0.3, 0.4) is 0 Å². The number of aliphatic hydroxyl groups is 3. The second kappa shape index (κ2) is 52.5. The SMILES string of the molecule is CCCCCCCCCC/C=C\CCCCCCCCCCCCOCC(COC1OC(CO)C(O)C(OS(=O)(=O)O)C1O)OC(=O)CCCCCCCCCCCCCCCCCCCCCCCCCCC. The lowest BCUT2D eigenvalue weighted by atomic mass is 9.99. The van der Waals surface area contributed by atoms with Crippen molar-refractivity contribution in [2.75, 3.05) is 26.4 Å². The molecule has 440 valence electrons. The molecule has 0 spiro atoms. The Labute approximate surface area is 455 Å². The zero-order valence-corrected chi connectivity index (χ0v) is 48.8. The average Bonchev–Trinajstić information content (AvgIpc) is 3.38. The molecule has 6 atom stereocenters. The lowest BCUT2D eigenvalue weighted by Crippen LogP contribution is -2.60. The first-order valence-electron chi connectivity index (χ1n) is 31.4. The van der Waals surface area contributed by atoms with Gasteiger partial charge in [0.25, 0.3) is 0 Å². The first-order valence-corrected chi connectivity index (χ1v) is 32.8. The molecule has 4 N–H and O–H groups in total. The minimum Gasteiger partial charge on any atom is -0.457 e. The normalized spacial score (nSPS) is 18.7. The summed E-state index contributed by atoms with van der Waals surface area (Å²) in [5.41, 5.74) is 0. The smallest absolute Gasteiger partial charge is 0.397 e. The van der Waals surface area contributed by atoms with Gasteiger partial charge >= 0.3 is 16.4 Å². The van der Waals surface area contributed by atoms with Gasteiger partial charge in [0.1, 0.15) is 30.5 Å². The summed E-state index contributed by atoms with van der Waals surface area (Å²) >= 11 is 0. The van der Waals surface area contributed by atoms with Crippen LogP contribution in [0.25, 0.3) is 0 Å². The van der Waals surface area contributed by atoms with Crippen molar-refractivity contribution >= 4 is 16.4 Å². The van der Waals surface area contributed by atoms with E-state index in [1.807, 2.05) is 0 Å². The van der Waals surface area contributed by atoms with Crippen LogP contribution in [0.2, 0.25) is 0 Å². The molecule has 0 radical (unpaired) electrons. The fraction of sp³-hybridized carbons (Fsp3) is 0.951. The van der Waals surface area contributed by atoms with E-state index in [1.165, 1.54) is 244 Å². The molecule has 1 heterocycles. The number of aliphatic hydroxyl groups excluding tert-OH is 3. The number of unbranched alkanes of at least 4 members (excludes halogenated alkanes) is 42. The molecule has 0 saturated carbocycles. The number of allylic oxidation sites excluding steroid dienone is 2. The van der Waals surface area contributed by atoms with Gasteiger partial charge in [-0.15, -0.1) is 0 Å². The van der Waals surface area contributed by atoms with Gasteiger partial charge in [-0.05, 0) is 38.5 Å². The molecule has 0 aromatic heterocycles. The molecule has 0 aliphatic carbocycles. The van der Waals surface area contributed by atoms with Crippen LogP contribution >= 0.6 is 0 Å². The minimum atomic E-state index is -5.07. The number of esters is 1. The van der Waals surface area contributed by atoms with E-state index in [0.29, 0.717) is 13.0 Å². The molecule has 1 aliphatic rings. The summed E-state index contributed by atoms with van der Waals surface area (Å²) in [6, 6.07) is 0. The van der Waals surface area contributed by atoms with Gasteiger partial charge in [0.15, 0.2) is 6.29 Å². The molecule has 74 heavy (non-hydrogen) atoms. The standard InChI is InChI=1S/C61H118O12S/c1-3-5-7-9-11-13-15-17-19-21-23-25-27-28-29-30-32-34-36-38-40-42-44-46-48-50-57(63)71-55(54-70-61-59(65)60(73-74(66,67)68)58(64)56(52-62)72-61)53-69-51-49-47-45-43-41-39-37-35-33-31-26-24-22-20-18-16-14-12-10-8-6-4-2/h22,24,55-56,58-62,64-65H,3-21,23,25-54H2,1-2H3,(H,66,67,68)/b24-22-. The molecule has 0 bridgehead atoms. The monoisotopic (exact) mass is 1070 g/mol. The van der Waals surface area contributed by atoms with Crippen LogP contribution in [0.4, 0.5) is 0 Å². The Kier molecular flexibility index (Phi) is 50.3. The Morgan fingerprint density at radius 3 is 1.22 bits per heavy atom. The predicted molar refractivity (Wildman–Crippen MR) is 304 cm³/mol. The van der Waals surface area contributed by atoms with Gasteiger partial charge in [0.05, 0.1) is 19.8 Å². The Morgan fingerprint density at radius 2 is 0.851 bits per heavy atom. The maximum atomic E-state index is 13.0. The first kappa shape index (κ1) is 70.9. The molecule has 0 aromatic rings. The largest absolute Gasteiger partial charge is 0.457 e. The third-order valence-electron chi connectivity index (χ3n) is 14.9. The van der Waals surface area contributed by atoms with Gasteiger partial charge < -0.3 is 34.3 Å². The number of ether oxygens (including phenoxy) is 4. The summed E-state index contributed by atoms with van der Waals surface area (Å²) in [7, 11) is -5.07. The quantitative estimate of drug-likeness (QED) is 0.0196. The molecule has 12 nitrogen and oxygen atoms in total. The molecule has 13 heteroatoms. The Morgan fingerprint density at radius 1 is 0.500 bits per heavy atom. The van der Waals surface area contributed by atoms with Crippen molar-refractivity contribution in [2.45, 2.75) is 346 Å². The lowest BCUT2D eigenvalue weighted by molar-refractivity contribution is -0.301. The highest BCUT2D eigenvalue weighted by molar-refractivity contribution is 7.80. The zero-order chi connectivity index (χ0) is 53.8. The van der Waals surface area contributed by atoms with Crippen molar-refractivity contribution in [2.24, 2.45) is 0 Å². The van der Waals surface area contributed by atoms with E-state index in [2.05, 4.69) is 30.2 Å². The molecule has 1 fully saturated rings. The van der Waals surface area contributed by atoms with Gasteiger partial charge in [0.2, 0.25) is 0 Å². The molecule has 6 unspecified atom stereocenters. The third kappa shape index (κ3) is 44.8. The molecule has 0 aromatic carbocycles. The Hall–Kier alpha value is -1.16. The van der Waals surface area contributed by atoms with Crippen molar-refractivity contribution < 1.29 is 56.2 Å². The summed E-state index contributed by atoms with van der Waals surface area (Å²) in [6.45, 7) is 4.07. The molecular weight excluding hydrogens is 957 g/mol. The van der Waals surface area contributed by atoms with Gasteiger partial charge in [0, 0.05) is 13.0 Å². The first-order chi connectivity index (χ1) is 36.1. The Bertz CT molecular complexity index is 1330. The molecular formula is C61H118O12S. The van der Waals surface area contributed by atoms with Crippen molar-refractivity contribution in [3.8, 4) is 0 Å². The van der Waals surface area contributed by atoms with E-state index in [9.17, 15) is 33.1 Å². The van der Waals surface area contributed by atoms with Crippen molar-refractivity contribution in [3.05, 3.63) is 12.2 Å². The second-order valence-corrected chi connectivity index (χ2v) is 23.1. The highest BCUT2D eigenvalue weighted by Gasteiger charge is 2.48. The average molecular weight is 1080 g/mol. The fourth-order valence-electron chi connectivity index (χ4n) is 10.1. The van der Waals surface area contributed by atoms with E-state index in [1.54, 1.807) is 0 Å². The highest BCUT2D eigenvalue weighted by Crippen LogP contribution is 2.26. The summed E-state index contributed by atoms with van der Waals surface area (Å²) in [4.78, 5) is 13.0. The van der Waals surface area contributed by atoms with Crippen molar-refractivity contribution in [1.82, 2.24) is 0 Å². The topological polar surface area (TPSA) is 178 Å². The van der Waals surface area contributed by atoms with E-state index in [-0.39, 0.29) is 25.6 Å². The molecule has 0 amide bonds. The zero-order valence-electron chi connectivity index (χ0n) is 47.9.